The minimum absolute atomic E-state index is 0.0531. The number of hydrogen-bond acceptors (Lipinski definition) is 2. The molecule has 0 aliphatic heterocycles. The van der Waals surface area contributed by atoms with Crippen molar-refractivity contribution in [3.05, 3.63) is 41.6 Å². The van der Waals surface area contributed by atoms with Gasteiger partial charge in [-0.15, -0.1) is 0 Å². The minimum atomic E-state index is 0.0531. The molecule has 0 spiro atoms. The van der Waals surface area contributed by atoms with Crippen LogP contribution >= 0.6 is 15.9 Å². The fourth-order valence-electron chi connectivity index (χ4n) is 7.01. The van der Waals surface area contributed by atoms with Crippen LogP contribution < -0.4 is 5.32 Å². The summed E-state index contributed by atoms with van der Waals surface area (Å²) in [5.74, 6) is 2.05. The molecule has 4 bridgehead atoms. The molecule has 27 heavy (non-hydrogen) atoms. The van der Waals surface area contributed by atoms with Crippen LogP contribution in [0.2, 0.25) is 0 Å². The zero-order valence-electron chi connectivity index (χ0n) is 16.5. The van der Waals surface area contributed by atoms with E-state index in [0.717, 1.165) is 29.6 Å². The van der Waals surface area contributed by atoms with E-state index in [9.17, 15) is 4.79 Å². The molecule has 4 saturated carbocycles. The minimum Gasteiger partial charge on any atom is -0.359 e. The predicted molar refractivity (Wildman–Crippen MR) is 114 cm³/mol. The lowest BCUT2D eigenvalue weighted by Gasteiger charge is -2.60. The Morgan fingerprint density at radius 2 is 1.67 bits per heavy atom. The zero-order chi connectivity index (χ0) is 18.9. The molecule has 2 atom stereocenters. The summed E-state index contributed by atoms with van der Waals surface area (Å²) in [7, 11) is 0. The maximum absolute atomic E-state index is 12.0. The molecule has 6 rings (SSSR count). The van der Waals surface area contributed by atoms with Gasteiger partial charge in [0.2, 0.25) is 0 Å². The molecule has 3 heteroatoms. The molecule has 5 aliphatic rings. The van der Waals surface area contributed by atoms with Crippen LogP contribution in [0.3, 0.4) is 0 Å². The van der Waals surface area contributed by atoms with E-state index in [-0.39, 0.29) is 11.2 Å². The fraction of sp³-hybridized carbons (Fsp3) is 0.625. The Labute approximate surface area is 171 Å². The number of hydrogen-bond donors (Lipinski definition) is 1. The smallest absolute Gasteiger partial charge is 0.157 e. The molecule has 2 nitrogen and oxygen atoms in total. The van der Waals surface area contributed by atoms with Crippen molar-refractivity contribution in [3.63, 3.8) is 0 Å². The monoisotopic (exact) mass is 427 g/mol. The van der Waals surface area contributed by atoms with Gasteiger partial charge in [0.25, 0.3) is 0 Å². The van der Waals surface area contributed by atoms with Crippen LogP contribution in [0.25, 0.3) is 0 Å². The van der Waals surface area contributed by atoms with Gasteiger partial charge in [0.05, 0.1) is 0 Å². The van der Waals surface area contributed by atoms with Crippen LogP contribution in [0.4, 0.5) is 5.69 Å². The molecule has 1 aromatic rings. The summed E-state index contributed by atoms with van der Waals surface area (Å²) in [4.78, 5) is 12.0. The highest BCUT2D eigenvalue weighted by Gasteiger charge is 2.57. The maximum Gasteiger partial charge on any atom is 0.157 e. The summed E-state index contributed by atoms with van der Waals surface area (Å²) in [6.45, 7) is 4.34. The second-order valence-electron chi connectivity index (χ2n) is 10.7. The third-order valence-electron chi connectivity index (χ3n) is 7.45. The molecule has 0 amide bonds. The molecule has 2 unspecified atom stereocenters. The third kappa shape index (κ3) is 3.30. The van der Waals surface area contributed by atoms with Gasteiger partial charge < -0.3 is 5.32 Å². The molecule has 1 N–H and O–H groups in total. The number of anilines is 1. The molecule has 0 aromatic heterocycles. The van der Waals surface area contributed by atoms with Crippen molar-refractivity contribution in [1.29, 1.82) is 0 Å². The Balaban J connectivity index is 1.36. The lowest BCUT2D eigenvalue weighted by Crippen LogP contribution is -2.54. The van der Waals surface area contributed by atoms with Crippen LogP contribution in [0, 0.1) is 17.3 Å². The first kappa shape index (κ1) is 18.0. The van der Waals surface area contributed by atoms with Gasteiger partial charge in [0, 0.05) is 28.2 Å². The van der Waals surface area contributed by atoms with Crippen LogP contribution in [0.15, 0.2) is 36.0 Å². The van der Waals surface area contributed by atoms with Gasteiger partial charge in [0.15, 0.2) is 5.78 Å². The van der Waals surface area contributed by atoms with E-state index in [1.165, 1.54) is 44.1 Å². The number of nitrogens with one attached hydrogen (secondary N) is 1. The second kappa shape index (κ2) is 5.95. The lowest BCUT2D eigenvalue weighted by molar-refractivity contribution is -0.117. The Morgan fingerprint density at radius 1 is 1.00 bits per heavy atom. The molecule has 1 aromatic carbocycles. The highest BCUT2D eigenvalue weighted by Crippen LogP contribution is 2.64. The molecular weight excluding hydrogens is 398 g/mol. The van der Waals surface area contributed by atoms with Crippen molar-refractivity contribution in [2.24, 2.45) is 17.3 Å². The van der Waals surface area contributed by atoms with Gasteiger partial charge in [-0.3, -0.25) is 4.79 Å². The highest BCUT2D eigenvalue weighted by atomic mass is 79.9. The molecule has 5 aliphatic carbocycles. The summed E-state index contributed by atoms with van der Waals surface area (Å²) >= 11 is 4.13. The molecule has 144 valence electrons. The number of carbonyl (C=O) groups excluding carboxylic acids is 1. The number of ketones is 1. The van der Waals surface area contributed by atoms with Gasteiger partial charge in [-0.25, -0.2) is 0 Å². The second-order valence-corrected chi connectivity index (χ2v) is 12.4. The Bertz CT molecular complexity index is 792. The average Bonchev–Trinajstić information content (AvgIpc) is 2.51. The lowest BCUT2D eigenvalue weighted by atomic mass is 9.48. The van der Waals surface area contributed by atoms with Crippen molar-refractivity contribution < 1.29 is 4.79 Å². The molecule has 0 saturated heterocycles. The van der Waals surface area contributed by atoms with Crippen LogP contribution in [0.1, 0.15) is 70.8 Å². The van der Waals surface area contributed by atoms with Gasteiger partial charge in [-0.1, -0.05) is 41.9 Å². The number of carbonyl (C=O) groups is 1. The van der Waals surface area contributed by atoms with Crippen molar-refractivity contribution in [2.75, 3.05) is 5.32 Å². The number of benzene rings is 1. The topological polar surface area (TPSA) is 29.1 Å². The van der Waals surface area contributed by atoms with E-state index in [2.05, 4.69) is 59.4 Å². The van der Waals surface area contributed by atoms with Crippen molar-refractivity contribution in [2.45, 2.75) is 75.0 Å². The summed E-state index contributed by atoms with van der Waals surface area (Å²) in [6, 6.07) is 9.15. The van der Waals surface area contributed by atoms with E-state index in [1.54, 1.807) is 6.08 Å². The average molecular weight is 428 g/mol. The van der Waals surface area contributed by atoms with Crippen molar-refractivity contribution in [1.82, 2.24) is 0 Å². The Kier molecular flexibility index (Phi) is 3.96. The third-order valence-corrected chi connectivity index (χ3v) is 8.38. The predicted octanol–water partition coefficient (Wildman–Crippen LogP) is 6.36. The zero-order valence-corrected chi connectivity index (χ0v) is 18.1. The summed E-state index contributed by atoms with van der Waals surface area (Å²) < 4.78 is 0.396. The first-order valence-electron chi connectivity index (χ1n) is 10.5. The van der Waals surface area contributed by atoms with E-state index in [1.807, 2.05) is 0 Å². The fourth-order valence-corrected chi connectivity index (χ4v) is 8.46. The molecule has 0 radical (unpaired) electrons. The van der Waals surface area contributed by atoms with Gasteiger partial charge in [0.1, 0.15) is 0 Å². The first-order chi connectivity index (χ1) is 12.7. The number of rotatable bonds is 3. The van der Waals surface area contributed by atoms with Gasteiger partial charge >= 0.3 is 0 Å². The van der Waals surface area contributed by atoms with Crippen molar-refractivity contribution >= 4 is 27.4 Å². The molecule has 0 heterocycles. The van der Waals surface area contributed by atoms with Crippen molar-refractivity contribution in [3.8, 4) is 0 Å². The first-order valence-corrected chi connectivity index (χ1v) is 11.3. The quantitative estimate of drug-likeness (QED) is 0.568. The molecule has 4 fully saturated rings. The summed E-state index contributed by atoms with van der Waals surface area (Å²) in [5.41, 5.74) is 4.12. The Hall–Kier alpha value is -1.09. The number of halogens is 1. The van der Waals surface area contributed by atoms with Gasteiger partial charge in [-0.05, 0) is 85.3 Å². The number of allylic oxidation sites excluding steroid dienone is 2. The normalized spacial score (nSPS) is 39.4. The molecular formula is C24H30BrNO. The SMILES string of the molecule is CC1(C)CC(=O)C=C(Nc2ccc(C34CC5CC(CC(Br)(C5)C3)C4)cc2)C1. The Morgan fingerprint density at radius 3 is 2.26 bits per heavy atom. The van der Waals surface area contributed by atoms with Crippen LogP contribution in [-0.4, -0.2) is 10.1 Å². The summed E-state index contributed by atoms with van der Waals surface area (Å²) in [5, 5.41) is 3.51. The van der Waals surface area contributed by atoms with E-state index in [4.69, 9.17) is 0 Å². The standard InChI is InChI=1S/C24H30BrNO/c1-22(2)13-20(8-21(27)14-22)26-19-5-3-18(4-6-19)23-9-16-7-17(10-23)12-24(25,11-16)15-23/h3-6,8,16-17,26H,7,9-15H2,1-2H3. The van der Waals surface area contributed by atoms with E-state index < -0.39 is 0 Å². The number of alkyl halides is 1. The van der Waals surface area contributed by atoms with Gasteiger partial charge in [-0.2, -0.15) is 0 Å². The van der Waals surface area contributed by atoms with E-state index in [0.29, 0.717) is 16.2 Å². The van der Waals surface area contributed by atoms with Crippen LogP contribution in [-0.2, 0) is 10.2 Å². The summed E-state index contributed by atoms with van der Waals surface area (Å²) in [6.07, 6.45) is 11.6. The highest BCUT2D eigenvalue weighted by molar-refractivity contribution is 9.10. The maximum atomic E-state index is 12.0. The van der Waals surface area contributed by atoms with Crippen LogP contribution in [0.5, 0.6) is 0 Å². The van der Waals surface area contributed by atoms with E-state index >= 15 is 0 Å². The largest absolute Gasteiger partial charge is 0.359 e.